The third-order valence-corrected chi connectivity index (χ3v) is 6.68. The van der Waals surface area contributed by atoms with Gasteiger partial charge in [-0.25, -0.2) is 17.2 Å². The number of piperazine rings is 1. The van der Waals surface area contributed by atoms with Crippen molar-refractivity contribution in [1.29, 1.82) is 0 Å². The van der Waals surface area contributed by atoms with Gasteiger partial charge >= 0.3 is 0 Å². The molecule has 1 aliphatic heterocycles. The lowest BCUT2D eigenvalue weighted by molar-refractivity contribution is -0.132. The Hall–Kier alpha value is -2.23. The highest BCUT2D eigenvalue weighted by Crippen LogP contribution is 2.25. The number of hydrogen-bond donors (Lipinski definition) is 0. The number of rotatable bonds is 6. The first-order valence-electron chi connectivity index (χ1n) is 8.89. The van der Waals surface area contributed by atoms with Gasteiger partial charge in [0.1, 0.15) is 17.4 Å². The maximum atomic E-state index is 13.3. The zero-order chi connectivity index (χ0) is 21.0. The fourth-order valence-corrected chi connectivity index (χ4v) is 4.63. The van der Waals surface area contributed by atoms with E-state index >= 15 is 0 Å². The highest BCUT2D eigenvalue weighted by molar-refractivity contribution is 7.89. The molecule has 156 valence electrons. The van der Waals surface area contributed by atoms with Crippen molar-refractivity contribution in [3.8, 4) is 5.75 Å². The maximum Gasteiger partial charge on any atom is 0.243 e. The van der Waals surface area contributed by atoms with Crippen LogP contribution < -0.4 is 4.74 Å². The number of hydrogen-bond acceptors (Lipinski definition) is 4. The van der Waals surface area contributed by atoms with Crippen LogP contribution in [0.5, 0.6) is 5.75 Å². The number of carbonyl (C=O) groups is 1. The number of amides is 1. The summed E-state index contributed by atoms with van der Waals surface area (Å²) in [6.45, 7) is 0.756. The first kappa shape index (κ1) is 21.5. The average Bonchev–Trinajstić information content (AvgIpc) is 2.69. The van der Waals surface area contributed by atoms with Gasteiger partial charge in [-0.1, -0.05) is 17.7 Å². The fraction of sp³-hybridized carbons (Fsp3) is 0.316. The topological polar surface area (TPSA) is 66.9 Å². The molecule has 0 aliphatic carbocycles. The fourth-order valence-electron chi connectivity index (χ4n) is 2.95. The molecule has 1 saturated heterocycles. The van der Waals surface area contributed by atoms with Gasteiger partial charge in [-0.3, -0.25) is 4.79 Å². The second-order valence-electron chi connectivity index (χ2n) is 6.42. The van der Waals surface area contributed by atoms with Crippen LogP contribution in [0.3, 0.4) is 0 Å². The van der Waals surface area contributed by atoms with E-state index in [-0.39, 0.29) is 60.8 Å². The van der Waals surface area contributed by atoms with Crippen LogP contribution in [0.4, 0.5) is 8.78 Å². The van der Waals surface area contributed by atoms with Gasteiger partial charge < -0.3 is 9.64 Å². The highest BCUT2D eigenvalue weighted by Gasteiger charge is 2.30. The van der Waals surface area contributed by atoms with Crippen LogP contribution in [-0.2, 0) is 14.8 Å². The molecule has 2 aromatic carbocycles. The molecular formula is C19H19ClF2N2O4S. The van der Waals surface area contributed by atoms with Gasteiger partial charge in [0, 0.05) is 26.2 Å². The number of sulfonamides is 1. The van der Waals surface area contributed by atoms with E-state index in [1.165, 1.54) is 34.6 Å². The molecule has 0 unspecified atom stereocenters. The molecule has 0 bridgehead atoms. The zero-order valence-corrected chi connectivity index (χ0v) is 16.9. The van der Waals surface area contributed by atoms with E-state index in [0.29, 0.717) is 0 Å². The van der Waals surface area contributed by atoms with Crippen LogP contribution in [-0.4, -0.2) is 56.3 Å². The summed E-state index contributed by atoms with van der Waals surface area (Å²) in [6, 6.07) is 8.56. The predicted molar refractivity (Wildman–Crippen MR) is 103 cm³/mol. The van der Waals surface area contributed by atoms with Crippen LogP contribution in [0.25, 0.3) is 0 Å². The number of benzene rings is 2. The molecule has 10 heteroatoms. The molecule has 0 N–H and O–H groups in total. The lowest BCUT2D eigenvalue weighted by Gasteiger charge is -2.34. The van der Waals surface area contributed by atoms with Crippen LogP contribution in [0.15, 0.2) is 47.4 Å². The van der Waals surface area contributed by atoms with E-state index in [9.17, 15) is 22.0 Å². The molecule has 1 fully saturated rings. The van der Waals surface area contributed by atoms with Crippen LogP contribution in [0.1, 0.15) is 6.42 Å². The Balaban J connectivity index is 1.50. The molecule has 0 saturated carbocycles. The Kier molecular flexibility index (Phi) is 6.71. The van der Waals surface area contributed by atoms with E-state index in [4.69, 9.17) is 16.3 Å². The normalized spacial score (nSPS) is 15.3. The van der Waals surface area contributed by atoms with Crippen molar-refractivity contribution in [2.24, 2.45) is 0 Å². The Labute approximate surface area is 172 Å². The molecule has 2 aromatic rings. The van der Waals surface area contributed by atoms with Crippen molar-refractivity contribution in [2.75, 3.05) is 32.8 Å². The van der Waals surface area contributed by atoms with Gasteiger partial charge in [0.25, 0.3) is 0 Å². The van der Waals surface area contributed by atoms with Crippen LogP contribution in [0.2, 0.25) is 5.02 Å². The molecule has 1 aliphatic rings. The summed E-state index contributed by atoms with van der Waals surface area (Å²) in [5.74, 6) is -1.01. The van der Waals surface area contributed by atoms with E-state index in [1.54, 1.807) is 4.90 Å². The number of halogens is 3. The summed E-state index contributed by atoms with van der Waals surface area (Å²) in [5.41, 5.74) is 0. The van der Waals surface area contributed by atoms with Crippen molar-refractivity contribution in [3.05, 3.63) is 59.1 Å². The Morgan fingerprint density at radius 1 is 1.03 bits per heavy atom. The molecule has 0 aromatic heterocycles. The third kappa shape index (κ3) is 5.23. The molecule has 1 amide bonds. The molecule has 0 spiro atoms. The minimum atomic E-state index is -3.81. The van der Waals surface area contributed by atoms with E-state index < -0.39 is 21.7 Å². The molecule has 0 atom stereocenters. The average molecular weight is 445 g/mol. The lowest BCUT2D eigenvalue weighted by Crippen LogP contribution is -2.50. The van der Waals surface area contributed by atoms with Gasteiger partial charge in [-0.2, -0.15) is 4.31 Å². The van der Waals surface area contributed by atoms with Crippen molar-refractivity contribution in [3.63, 3.8) is 0 Å². The quantitative estimate of drug-likeness (QED) is 0.687. The molecule has 1 heterocycles. The first-order valence-corrected chi connectivity index (χ1v) is 10.7. The minimum Gasteiger partial charge on any atom is -0.491 e. The highest BCUT2D eigenvalue weighted by atomic mass is 35.5. The van der Waals surface area contributed by atoms with E-state index in [2.05, 4.69) is 0 Å². The monoisotopic (exact) mass is 444 g/mol. The van der Waals surface area contributed by atoms with Crippen molar-refractivity contribution < 1.29 is 26.7 Å². The third-order valence-electron chi connectivity index (χ3n) is 4.49. The smallest absolute Gasteiger partial charge is 0.243 e. The number of nitrogens with zero attached hydrogens (tertiary/aromatic N) is 2. The molecule has 6 nitrogen and oxygen atoms in total. The second-order valence-corrected chi connectivity index (χ2v) is 8.76. The maximum absolute atomic E-state index is 13.3. The van der Waals surface area contributed by atoms with Crippen molar-refractivity contribution >= 4 is 27.5 Å². The summed E-state index contributed by atoms with van der Waals surface area (Å²) in [6.07, 6.45) is 0.0738. The van der Waals surface area contributed by atoms with Crippen molar-refractivity contribution in [1.82, 2.24) is 9.21 Å². The largest absolute Gasteiger partial charge is 0.491 e. The van der Waals surface area contributed by atoms with Crippen LogP contribution in [0, 0.1) is 11.6 Å². The molecule has 29 heavy (non-hydrogen) atoms. The Morgan fingerprint density at radius 3 is 2.38 bits per heavy atom. The minimum absolute atomic E-state index is 0.0615. The van der Waals surface area contributed by atoms with Gasteiger partial charge in [0.05, 0.1) is 22.9 Å². The van der Waals surface area contributed by atoms with Gasteiger partial charge in [-0.05, 0) is 36.4 Å². The number of carbonyl (C=O) groups excluding carboxylic acids is 1. The summed E-state index contributed by atoms with van der Waals surface area (Å²) in [7, 11) is -3.81. The second kappa shape index (κ2) is 9.06. The summed E-state index contributed by atoms with van der Waals surface area (Å²) >= 11 is 5.87. The summed E-state index contributed by atoms with van der Waals surface area (Å²) in [5, 5.41) is 0.119. The van der Waals surface area contributed by atoms with Gasteiger partial charge in [-0.15, -0.1) is 0 Å². The van der Waals surface area contributed by atoms with Gasteiger partial charge in [0.15, 0.2) is 0 Å². The first-order chi connectivity index (χ1) is 13.8. The predicted octanol–water partition coefficient (Wildman–Crippen LogP) is 2.92. The number of ether oxygens (including phenoxy) is 1. The van der Waals surface area contributed by atoms with Gasteiger partial charge in [0.2, 0.25) is 15.9 Å². The summed E-state index contributed by atoms with van der Waals surface area (Å²) < 4.78 is 58.2. The zero-order valence-electron chi connectivity index (χ0n) is 15.4. The SMILES string of the molecule is O=C(CCOc1ccc(F)cc1Cl)N1CCN(S(=O)(=O)c2cccc(F)c2)CC1. The van der Waals surface area contributed by atoms with Crippen LogP contribution >= 0.6 is 11.6 Å². The lowest BCUT2D eigenvalue weighted by atomic mass is 10.3. The molecular weight excluding hydrogens is 426 g/mol. The summed E-state index contributed by atoms with van der Waals surface area (Å²) in [4.78, 5) is 13.8. The standard InChI is InChI=1S/C19H19ClF2N2O4S/c20-17-13-15(22)4-5-18(17)28-11-6-19(25)23-7-9-24(10-8-23)29(26,27)16-3-1-2-14(21)12-16/h1-5,12-13H,6-11H2. The Morgan fingerprint density at radius 2 is 1.72 bits per heavy atom. The van der Waals surface area contributed by atoms with E-state index in [0.717, 1.165) is 12.1 Å². The van der Waals surface area contributed by atoms with Crippen molar-refractivity contribution in [2.45, 2.75) is 11.3 Å². The molecule has 0 radical (unpaired) electrons. The Bertz CT molecular complexity index is 995. The molecule has 3 rings (SSSR count). The van der Waals surface area contributed by atoms with E-state index in [1.807, 2.05) is 0 Å².